The number of piperidine rings is 2. The summed E-state index contributed by atoms with van der Waals surface area (Å²) in [5, 5.41) is 22.0. The first-order chi connectivity index (χ1) is 19.0. The average molecular weight is 556 g/mol. The van der Waals surface area contributed by atoms with E-state index in [1.54, 1.807) is 28.8 Å². The predicted molar refractivity (Wildman–Crippen MR) is 154 cm³/mol. The van der Waals surface area contributed by atoms with Gasteiger partial charge in [-0.2, -0.15) is 0 Å². The van der Waals surface area contributed by atoms with Crippen LogP contribution < -0.4 is 0 Å². The van der Waals surface area contributed by atoms with Gasteiger partial charge in [0.25, 0.3) is 0 Å². The number of hydrogen-bond acceptors (Lipinski definition) is 5. The molecule has 0 bridgehead atoms. The van der Waals surface area contributed by atoms with Crippen molar-refractivity contribution < 1.29 is 24.6 Å². The number of rotatable bonds is 8. The normalized spacial score (nSPS) is 28.3. The van der Waals surface area contributed by atoms with Gasteiger partial charge in [0.05, 0.1) is 30.6 Å². The van der Waals surface area contributed by atoms with Gasteiger partial charge in [-0.05, 0) is 24.3 Å². The first-order valence-electron chi connectivity index (χ1n) is 15.1. The molecule has 1 saturated carbocycles. The first kappa shape index (κ1) is 30.5. The second-order valence-electron chi connectivity index (χ2n) is 13.4. The Morgan fingerprint density at radius 3 is 2.38 bits per heavy atom. The molecular formula is C32H49N3O5. The van der Waals surface area contributed by atoms with Gasteiger partial charge in [0, 0.05) is 51.5 Å². The third-order valence-electron chi connectivity index (χ3n) is 9.95. The molecule has 40 heavy (non-hydrogen) atoms. The Morgan fingerprint density at radius 2 is 1.77 bits per heavy atom. The summed E-state index contributed by atoms with van der Waals surface area (Å²) in [6.07, 6.45) is 7.18. The van der Waals surface area contributed by atoms with E-state index >= 15 is 0 Å². The Bertz CT molecular complexity index is 1040. The molecule has 3 fully saturated rings. The van der Waals surface area contributed by atoms with Crippen LogP contribution in [0, 0.1) is 23.2 Å². The number of carbonyl (C=O) groups is 3. The van der Waals surface area contributed by atoms with Crippen molar-refractivity contribution in [3.63, 3.8) is 0 Å². The Hall–Kier alpha value is -2.45. The molecule has 4 rings (SSSR count). The van der Waals surface area contributed by atoms with Gasteiger partial charge < -0.3 is 24.9 Å². The summed E-state index contributed by atoms with van der Waals surface area (Å²) in [7, 11) is 3.48. The fraction of sp³-hybridized carbons (Fsp3) is 0.719. The molecule has 3 aliphatic rings. The van der Waals surface area contributed by atoms with Crippen molar-refractivity contribution in [1.82, 2.24) is 14.7 Å². The number of aliphatic hydroxyl groups excluding tert-OH is 1. The van der Waals surface area contributed by atoms with Gasteiger partial charge in [0.2, 0.25) is 17.7 Å². The highest BCUT2D eigenvalue weighted by Crippen LogP contribution is 2.42. The fourth-order valence-electron chi connectivity index (χ4n) is 7.21. The van der Waals surface area contributed by atoms with Crippen LogP contribution in [-0.2, 0) is 14.4 Å². The molecule has 0 spiro atoms. The monoisotopic (exact) mass is 555 g/mol. The lowest BCUT2D eigenvalue weighted by atomic mass is 9.68. The van der Waals surface area contributed by atoms with E-state index in [9.17, 15) is 24.6 Å². The van der Waals surface area contributed by atoms with Gasteiger partial charge in [-0.1, -0.05) is 76.3 Å². The molecule has 1 aromatic rings. The van der Waals surface area contributed by atoms with Gasteiger partial charge in [-0.25, -0.2) is 0 Å². The summed E-state index contributed by atoms with van der Waals surface area (Å²) in [6.45, 7) is 4.88. The van der Waals surface area contributed by atoms with Gasteiger partial charge >= 0.3 is 0 Å². The fourth-order valence-corrected chi connectivity index (χ4v) is 7.21. The van der Waals surface area contributed by atoms with E-state index in [4.69, 9.17) is 0 Å². The molecule has 0 radical (unpaired) electrons. The molecule has 222 valence electrons. The number of benzene rings is 1. The minimum Gasteiger partial charge on any atom is -0.396 e. The van der Waals surface area contributed by atoms with Crippen molar-refractivity contribution in [2.75, 3.05) is 46.9 Å². The molecule has 2 heterocycles. The van der Waals surface area contributed by atoms with Crippen molar-refractivity contribution in [2.24, 2.45) is 23.2 Å². The molecule has 1 aliphatic carbocycles. The van der Waals surface area contributed by atoms with Crippen molar-refractivity contribution >= 4 is 17.7 Å². The van der Waals surface area contributed by atoms with Crippen molar-refractivity contribution in [1.29, 1.82) is 0 Å². The third kappa shape index (κ3) is 6.54. The van der Waals surface area contributed by atoms with E-state index in [1.165, 1.54) is 19.3 Å². The predicted octanol–water partition coefficient (Wildman–Crippen LogP) is 3.28. The summed E-state index contributed by atoms with van der Waals surface area (Å²) in [5.74, 6) is -0.623. The van der Waals surface area contributed by atoms with Crippen LogP contribution in [0.3, 0.4) is 0 Å². The quantitative estimate of drug-likeness (QED) is 0.513. The van der Waals surface area contributed by atoms with Crippen LogP contribution in [0.5, 0.6) is 0 Å². The van der Waals surface area contributed by atoms with E-state index in [0.29, 0.717) is 25.4 Å². The van der Waals surface area contributed by atoms with Crippen LogP contribution in [0.15, 0.2) is 30.3 Å². The smallest absolute Gasteiger partial charge is 0.228 e. The molecule has 8 heteroatoms. The molecule has 2 N–H and O–H groups in total. The molecule has 1 aromatic carbocycles. The summed E-state index contributed by atoms with van der Waals surface area (Å²) in [4.78, 5) is 45.2. The molecule has 8 nitrogen and oxygen atoms in total. The lowest BCUT2D eigenvalue weighted by Crippen LogP contribution is -2.64. The van der Waals surface area contributed by atoms with Crippen molar-refractivity contribution in [2.45, 2.75) is 76.7 Å². The summed E-state index contributed by atoms with van der Waals surface area (Å²) < 4.78 is 0. The number of aliphatic hydroxyl groups is 2. The minimum absolute atomic E-state index is 0.0222. The van der Waals surface area contributed by atoms with Gasteiger partial charge in [-0.15, -0.1) is 0 Å². The Labute approximate surface area is 239 Å². The van der Waals surface area contributed by atoms with E-state index in [2.05, 4.69) is 0 Å². The Kier molecular flexibility index (Phi) is 9.61. The number of nitrogens with zero attached hydrogens (tertiary/aromatic N) is 3. The van der Waals surface area contributed by atoms with Crippen LogP contribution in [0.4, 0.5) is 0 Å². The van der Waals surface area contributed by atoms with E-state index < -0.39 is 22.9 Å². The lowest BCUT2D eigenvalue weighted by Gasteiger charge is -2.53. The number of likely N-dealkylation sites (tertiary alicyclic amines) is 2. The zero-order valence-electron chi connectivity index (χ0n) is 24.8. The van der Waals surface area contributed by atoms with Crippen LogP contribution in [-0.4, -0.2) is 95.1 Å². The van der Waals surface area contributed by atoms with Crippen molar-refractivity contribution in [3.05, 3.63) is 35.9 Å². The zero-order valence-corrected chi connectivity index (χ0v) is 24.8. The summed E-state index contributed by atoms with van der Waals surface area (Å²) in [5.41, 5.74) is -0.903. The third-order valence-corrected chi connectivity index (χ3v) is 9.95. The average Bonchev–Trinajstić information content (AvgIpc) is 2.94. The number of carbonyl (C=O) groups excluding carboxylic acids is 3. The van der Waals surface area contributed by atoms with Crippen LogP contribution in [0.25, 0.3) is 0 Å². The molecule has 2 unspecified atom stereocenters. The molecule has 4 atom stereocenters. The topological polar surface area (TPSA) is 101 Å². The Balaban J connectivity index is 1.45. The highest BCUT2D eigenvalue weighted by molar-refractivity contribution is 5.85. The SMILES string of the molecule is CN(C)C(=O)C1CN(C[C@]2(O)CCN(C(=O)[C@H](CO)CC3CCCCC3)CC2(C)C)C(=O)CC1c1ccccc1. The molecule has 2 saturated heterocycles. The largest absolute Gasteiger partial charge is 0.396 e. The highest BCUT2D eigenvalue weighted by atomic mass is 16.3. The van der Waals surface area contributed by atoms with Crippen LogP contribution in [0.2, 0.25) is 0 Å². The van der Waals surface area contributed by atoms with E-state index in [1.807, 2.05) is 44.2 Å². The number of β-amino-alcohol motifs (C(OH)–C–C–N with tert-alkyl or cyclic N) is 1. The Morgan fingerprint density at radius 1 is 1.10 bits per heavy atom. The maximum Gasteiger partial charge on any atom is 0.228 e. The molecular weight excluding hydrogens is 506 g/mol. The van der Waals surface area contributed by atoms with Gasteiger partial charge in [0.15, 0.2) is 0 Å². The number of hydrogen-bond donors (Lipinski definition) is 2. The molecule has 0 aromatic heterocycles. The maximum absolute atomic E-state index is 13.5. The van der Waals surface area contributed by atoms with Crippen molar-refractivity contribution in [3.8, 4) is 0 Å². The minimum atomic E-state index is -1.21. The second-order valence-corrected chi connectivity index (χ2v) is 13.4. The van der Waals surface area contributed by atoms with E-state index in [-0.39, 0.29) is 49.8 Å². The molecule has 3 amide bonds. The van der Waals surface area contributed by atoms with Gasteiger partial charge in [-0.3, -0.25) is 14.4 Å². The lowest BCUT2D eigenvalue weighted by molar-refractivity contribution is -0.168. The maximum atomic E-state index is 13.5. The van der Waals surface area contributed by atoms with Crippen LogP contribution in [0.1, 0.15) is 76.7 Å². The number of amides is 3. The highest BCUT2D eigenvalue weighted by Gasteiger charge is 2.52. The molecule has 2 aliphatic heterocycles. The zero-order chi connectivity index (χ0) is 29.1. The summed E-state index contributed by atoms with van der Waals surface area (Å²) >= 11 is 0. The van der Waals surface area contributed by atoms with Crippen LogP contribution >= 0.6 is 0 Å². The second kappa shape index (κ2) is 12.6. The standard InChI is InChI=1S/C32H49N3O5/c1-31(2)21-34(29(38)25(20-36)17-23-11-7-5-8-12-23)16-15-32(31,40)22-35-19-27(30(39)33(3)4)26(18-28(35)37)24-13-9-6-10-14-24/h6,9-10,13-14,23,25-27,36,40H,5,7-8,11-12,15-22H2,1-4H3/t25-,26?,27?,32+/m0/s1. The van der Waals surface area contributed by atoms with Gasteiger partial charge in [0.1, 0.15) is 0 Å². The van der Waals surface area contributed by atoms with E-state index in [0.717, 1.165) is 24.8 Å². The first-order valence-corrected chi connectivity index (χ1v) is 15.1. The summed E-state index contributed by atoms with van der Waals surface area (Å²) in [6, 6.07) is 9.73.